The minimum atomic E-state index is -1.89. The second-order valence-electron chi connectivity index (χ2n) is 18.1. The summed E-state index contributed by atoms with van der Waals surface area (Å²) in [5.74, 6) is -24.1. The highest BCUT2D eigenvalue weighted by molar-refractivity contribution is 6.01. The summed E-state index contributed by atoms with van der Waals surface area (Å²) in [6.45, 7) is 8.19. The zero-order valence-corrected chi connectivity index (χ0v) is 44.5. The Labute approximate surface area is 458 Å². The molecule has 0 bridgehead atoms. The number of fused-ring (bicyclic) bond motifs is 1. The average Bonchev–Trinajstić information content (AvgIpc) is 3.50. The van der Waals surface area contributed by atoms with Gasteiger partial charge in [-0.3, -0.25) is 76.7 Å². The van der Waals surface area contributed by atoms with E-state index in [-0.39, 0.29) is 16.9 Å². The van der Waals surface area contributed by atoms with Crippen molar-refractivity contribution in [1.29, 1.82) is 0 Å². The van der Waals surface area contributed by atoms with Gasteiger partial charge in [-0.05, 0) is 79.7 Å². The van der Waals surface area contributed by atoms with Gasteiger partial charge in [0.2, 0.25) is 11.5 Å². The lowest BCUT2D eigenvalue weighted by Gasteiger charge is -2.35. The van der Waals surface area contributed by atoms with Gasteiger partial charge in [0.15, 0.2) is 29.1 Å². The predicted octanol–water partition coefficient (Wildman–Crippen LogP) is 3.66. The van der Waals surface area contributed by atoms with Crippen LogP contribution in [0.1, 0.15) is 134 Å². The van der Waals surface area contributed by atoms with Gasteiger partial charge >= 0.3 is 53.7 Å². The van der Waals surface area contributed by atoms with E-state index in [9.17, 15) is 81.5 Å². The molecule has 0 fully saturated rings. The van der Waals surface area contributed by atoms with Crippen LogP contribution in [0.3, 0.4) is 0 Å². The Morgan fingerprint density at radius 2 is 0.667 bits per heavy atom. The van der Waals surface area contributed by atoms with Gasteiger partial charge in [-0.25, -0.2) is 4.79 Å². The van der Waals surface area contributed by atoms with Crippen LogP contribution in [0.2, 0.25) is 0 Å². The Morgan fingerprint density at radius 1 is 0.370 bits per heavy atom. The van der Waals surface area contributed by atoms with Crippen molar-refractivity contribution in [3.8, 4) is 51.7 Å². The summed E-state index contributed by atoms with van der Waals surface area (Å²) in [4.78, 5) is 215. The Kier molecular flexibility index (Phi) is 22.5. The summed E-state index contributed by atoms with van der Waals surface area (Å²) < 4.78 is 55.4. The Bertz CT molecular complexity index is 3090. The van der Waals surface area contributed by atoms with Crippen molar-refractivity contribution in [1.82, 2.24) is 0 Å². The number of carbonyl (C=O) groups excluding carboxylic acids is 17. The van der Waals surface area contributed by atoms with Gasteiger partial charge in [0, 0.05) is 29.7 Å². The molecule has 27 heteroatoms. The van der Waals surface area contributed by atoms with Crippen molar-refractivity contribution >= 4 is 100.0 Å². The van der Waals surface area contributed by atoms with E-state index < -0.39 is 222 Å². The number of benzene rings is 3. The molecule has 0 amide bonds. The van der Waals surface area contributed by atoms with Crippen molar-refractivity contribution in [2.45, 2.75) is 125 Å². The summed E-state index contributed by atoms with van der Waals surface area (Å²) in [5, 5.41) is 0. The van der Waals surface area contributed by atoms with Crippen molar-refractivity contribution in [3.05, 3.63) is 53.1 Å². The molecule has 3 aromatic rings. The smallest absolute Gasteiger partial charge is 0.338 e. The molecule has 1 heterocycles. The molecule has 81 heavy (non-hydrogen) atoms. The van der Waals surface area contributed by atoms with E-state index in [4.69, 9.17) is 47.4 Å². The molecule has 0 spiro atoms. The Morgan fingerprint density at radius 3 is 1.00 bits per heavy atom. The molecule has 0 aliphatic carbocycles. The number of hydrogen-bond acceptors (Lipinski definition) is 27. The fraction of sp³-hybridized carbons (Fsp3) is 0.352. The third-order valence-electron chi connectivity index (χ3n) is 9.95. The van der Waals surface area contributed by atoms with E-state index in [1.165, 1.54) is 0 Å². The lowest BCUT2D eigenvalue weighted by Crippen LogP contribution is -2.35. The van der Waals surface area contributed by atoms with E-state index in [0.717, 1.165) is 79.7 Å². The van der Waals surface area contributed by atoms with Gasteiger partial charge in [0.1, 0.15) is 121 Å². The number of carbonyl (C=O) groups is 17. The van der Waals surface area contributed by atoms with Crippen LogP contribution in [0, 0.1) is 0 Å². The molecule has 0 saturated heterocycles. The van der Waals surface area contributed by atoms with Crippen LogP contribution in [-0.2, 0) is 87.9 Å². The molecular formula is C54H50O27. The van der Waals surface area contributed by atoms with Crippen LogP contribution in [0.15, 0.2) is 36.4 Å². The number of ether oxygens (including phenoxy) is 10. The van der Waals surface area contributed by atoms with Gasteiger partial charge in [0.25, 0.3) is 0 Å². The monoisotopic (exact) mass is 1130 g/mol. The predicted molar refractivity (Wildman–Crippen MR) is 263 cm³/mol. The van der Waals surface area contributed by atoms with Crippen LogP contribution >= 0.6 is 0 Å². The third kappa shape index (κ3) is 20.4. The normalized spacial score (nSPS) is 13.0. The van der Waals surface area contributed by atoms with Crippen molar-refractivity contribution < 1.29 is 129 Å². The van der Waals surface area contributed by atoms with Gasteiger partial charge in [-0.1, -0.05) is 0 Å². The summed E-state index contributed by atoms with van der Waals surface area (Å²) >= 11 is 0. The summed E-state index contributed by atoms with van der Waals surface area (Å²) in [6.07, 6.45) is -11.5. The lowest BCUT2D eigenvalue weighted by molar-refractivity contribution is -0.141. The molecule has 4 rings (SSSR count). The van der Waals surface area contributed by atoms with Crippen molar-refractivity contribution in [2.24, 2.45) is 0 Å². The average molecular weight is 1130 g/mol. The molecule has 0 radical (unpaired) electrons. The number of hydrogen-bond donors (Lipinski definition) is 0. The first kappa shape index (κ1) is 63.6. The minimum absolute atomic E-state index is 0.200. The van der Waals surface area contributed by atoms with Crippen molar-refractivity contribution in [3.63, 3.8) is 0 Å². The third-order valence-corrected chi connectivity index (χ3v) is 9.95. The molecule has 428 valence electrons. The fourth-order valence-electron chi connectivity index (χ4n) is 7.01. The van der Waals surface area contributed by atoms with Crippen LogP contribution in [-0.4, -0.2) is 106 Å². The zero-order chi connectivity index (χ0) is 60.6. The molecule has 0 saturated carbocycles. The first-order valence-electron chi connectivity index (χ1n) is 23.9. The van der Waals surface area contributed by atoms with E-state index in [0.29, 0.717) is 12.1 Å². The second-order valence-corrected chi connectivity index (χ2v) is 18.1. The SMILES string of the molecule is CC(=O)CC(=O)Oc1cc(OC(=O)CC(C)=O)c2c(c1)O[C@H](c1cc(OC(=O)CC(C)=O)c(OC(=O)CC(C)=O)c(OC(=O)CC(C)=O)c1)[C@H](OC(=O)c1cc(OC(=O)CC(C)=O)c(OC(=O)CC(C)=O)c(OC(=O)CC(C)=O)c1)C2. The van der Waals surface area contributed by atoms with Crippen molar-refractivity contribution in [2.75, 3.05) is 0 Å². The highest BCUT2D eigenvalue weighted by atomic mass is 16.6. The molecule has 0 aromatic heterocycles. The molecule has 1 aliphatic rings. The molecule has 3 aromatic carbocycles. The standard InChI is InChI=1S/C54H50O27/c1-24(55)9-43(63)72-34-21-36(73-44(64)10-25(2)56)35-23-42(79-54(71)33-19-40(76-47(67)13-28(5)59)53(81-50(70)16-31(8)62)41(20-33)77-48(68)14-29(6)60)51(78-37(35)22-34)32-17-38(74-45(65)11-26(3)57)52(80-49(69)15-30(7)61)39(18-32)75-46(66)12-27(4)58/h17-22,42,51H,9-16,23H2,1-8H3/t42-,51-/m1/s1. The summed E-state index contributed by atoms with van der Waals surface area (Å²) in [7, 11) is 0. The van der Waals surface area contributed by atoms with Crippen LogP contribution in [0.4, 0.5) is 0 Å². The number of ketones is 8. The quantitative estimate of drug-likeness (QED) is 0.0597. The highest BCUT2D eigenvalue weighted by Crippen LogP contribution is 2.48. The maximum Gasteiger partial charge on any atom is 0.338 e. The maximum atomic E-state index is 14.7. The van der Waals surface area contributed by atoms with E-state index in [2.05, 4.69) is 0 Å². The lowest BCUT2D eigenvalue weighted by atomic mass is 9.93. The van der Waals surface area contributed by atoms with E-state index in [1.54, 1.807) is 0 Å². The molecule has 2 atom stereocenters. The summed E-state index contributed by atoms with van der Waals surface area (Å²) in [6, 6.07) is 5.19. The molecule has 1 aliphatic heterocycles. The van der Waals surface area contributed by atoms with Gasteiger partial charge in [-0.2, -0.15) is 0 Å². The number of Topliss-reactive ketones (excluding diaryl/α,β-unsaturated/α-hetero) is 8. The first-order valence-corrected chi connectivity index (χ1v) is 23.9. The van der Waals surface area contributed by atoms with Crippen LogP contribution < -0.4 is 42.6 Å². The summed E-state index contributed by atoms with van der Waals surface area (Å²) in [5.41, 5.74) is -1.34. The van der Waals surface area contributed by atoms with E-state index in [1.807, 2.05) is 0 Å². The number of esters is 9. The molecule has 0 N–H and O–H groups in total. The molecule has 27 nitrogen and oxygen atoms in total. The molecule has 0 unspecified atom stereocenters. The second kappa shape index (κ2) is 28.6. The van der Waals surface area contributed by atoms with Gasteiger partial charge in [0.05, 0.1) is 5.56 Å². The number of rotatable bonds is 27. The Hall–Kier alpha value is -9.95. The largest absolute Gasteiger partial charge is 0.481 e. The van der Waals surface area contributed by atoms with E-state index >= 15 is 0 Å². The topological polar surface area (TPSA) is 382 Å². The minimum Gasteiger partial charge on any atom is -0.481 e. The maximum absolute atomic E-state index is 14.7. The van der Waals surface area contributed by atoms with Gasteiger partial charge in [-0.15, -0.1) is 0 Å². The van der Waals surface area contributed by atoms with Crippen LogP contribution in [0.25, 0.3) is 0 Å². The zero-order valence-electron chi connectivity index (χ0n) is 44.5. The molecular weight excluding hydrogens is 1080 g/mol. The van der Waals surface area contributed by atoms with Crippen LogP contribution in [0.5, 0.6) is 51.7 Å². The van der Waals surface area contributed by atoms with Gasteiger partial charge < -0.3 is 47.4 Å². The first-order chi connectivity index (χ1) is 37.8. The highest BCUT2D eigenvalue weighted by Gasteiger charge is 2.40. The fourth-order valence-corrected chi connectivity index (χ4v) is 7.01. The Balaban J connectivity index is 2.13.